The zero-order valence-electron chi connectivity index (χ0n) is 16.5. The van der Waals surface area contributed by atoms with Crippen molar-refractivity contribution in [2.24, 2.45) is 5.92 Å². The summed E-state index contributed by atoms with van der Waals surface area (Å²) in [7, 11) is 0. The lowest BCUT2D eigenvalue weighted by Crippen LogP contribution is -2.14. The van der Waals surface area contributed by atoms with E-state index in [-0.39, 0.29) is 5.92 Å². The Bertz CT molecular complexity index is 852. The van der Waals surface area contributed by atoms with Crippen molar-refractivity contribution in [1.82, 2.24) is 15.2 Å². The van der Waals surface area contributed by atoms with Crippen molar-refractivity contribution >= 4 is 11.6 Å². The topological polar surface area (TPSA) is 62.7 Å². The molecule has 2 aromatic rings. The van der Waals surface area contributed by atoms with Crippen molar-refractivity contribution in [2.75, 3.05) is 17.2 Å². The molecule has 0 fully saturated rings. The van der Waals surface area contributed by atoms with E-state index >= 15 is 0 Å². The van der Waals surface area contributed by atoms with Crippen molar-refractivity contribution in [1.29, 1.82) is 0 Å². The fourth-order valence-electron chi connectivity index (χ4n) is 2.52. The van der Waals surface area contributed by atoms with E-state index in [1.807, 2.05) is 50.3 Å². The minimum atomic E-state index is 0.187. The third kappa shape index (κ3) is 6.46. The smallest absolute Gasteiger partial charge is 0.148 e. The molecule has 1 unspecified atom stereocenters. The molecule has 146 valence electrons. The number of nitrogens with one attached hydrogen (secondary N) is 2. The number of halogens is 1. The molecule has 1 atom stereocenters. The summed E-state index contributed by atoms with van der Waals surface area (Å²) < 4.78 is 12.3. The van der Waals surface area contributed by atoms with Gasteiger partial charge in [0, 0.05) is 24.0 Å². The Hall–Kier alpha value is -3.28. The predicted molar refractivity (Wildman–Crippen MR) is 114 cm³/mol. The first-order chi connectivity index (χ1) is 13.5. The number of pyridine rings is 1. The summed E-state index contributed by atoms with van der Waals surface area (Å²) in [5.74, 6) is 1.61. The molecule has 6 heteroatoms. The number of nitrogens with zero attached hydrogens (tertiary/aromatic N) is 3. The molecule has 0 aliphatic heterocycles. The first kappa shape index (κ1) is 21.0. The average Bonchev–Trinajstić information content (AvgIpc) is 2.70. The van der Waals surface area contributed by atoms with Crippen molar-refractivity contribution < 1.29 is 4.39 Å². The minimum absolute atomic E-state index is 0.187. The van der Waals surface area contributed by atoms with Gasteiger partial charge in [0.1, 0.15) is 11.6 Å². The van der Waals surface area contributed by atoms with E-state index in [1.165, 1.54) is 6.08 Å². The molecule has 2 heterocycles. The quantitative estimate of drug-likeness (QED) is 0.562. The van der Waals surface area contributed by atoms with E-state index in [0.29, 0.717) is 18.7 Å². The van der Waals surface area contributed by atoms with Gasteiger partial charge in [0.2, 0.25) is 0 Å². The molecule has 0 aliphatic rings. The molecule has 2 N–H and O–H groups in total. The van der Waals surface area contributed by atoms with Gasteiger partial charge in [-0.25, -0.2) is 9.37 Å². The second kappa shape index (κ2) is 10.8. The Labute approximate surface area is 165 Å². The van der Waals surface area contributed by atoms with Crippen LogP contribution in [0.5, 0.6) is 0 Å². The lowest BCUT2D eigenvalue weighted by Gasteiger charge is -2.14. The van der Waals surface area contributed by atoms with E-state index in [9.17, 15) is 4.39 Å². The molecule has 2 rings (SSSR count). The fourth-order valence-corrected chi connectivity index (χ4v) is 2.52. The number of hydrogen-bond acceptors (Lipinski definition) is 5. The van der Waals surface area contributed by atoms with Gasteiger partial charge in [0.25, 0.3) is 0 Å². The maximum absolute atomic E-state index is 12.3. The zero-order chi connectivity index (χ0) is 20.4. The summed E-state index contributed by atoms with van der Waals surface area (Å²) in [6.07, 6.45) is 9.35. The van der Waals surface area contributed by atoms with Gasteiger partial charge in [-0.1, -0.05) is 31.7 Å². The normalized spacial score (nSPS) is 13.1. The van der Waals surface area contributed by atoms with Gasteiger partial charge in [-0.15, -0.1) is 10.2 Å². The largest absolute Gasteiger partial charge is 0.368 e. The lowest BCUT2D eigenvalue weighted by atomic mass is 10.00. The Kier molecular flexibility index (Phi) is 8.09. The van der Waals surface area contributed by atoms with E-state index in [2.05, 4.69) is 39.3 Å². The summed E-state index contributed by atoms with van der Waals surface area (Å²) in [5.41, 5.74) is 3.49. The highest BCUT2D eigenvalue weighted by Gasteiger charge is 2.07. The number of allylic oxidation sites excluding steroid dienone is 5. The van der Waals surface area contributed by atoms with Crippen LogP contribution in [0.4, 0.5) is 16.0 Å². The minimum Gasteiger partial charge on any atom is -0.368 e. The molecule has 0 bridgehead atoms. The van der Waals surface area contributed by atoms with Crippen LogP contribution < -0.4 is 10.6 Å². The van der Waals surface area contributed by atoms with Crippen LogP contribution in [0.2, 0.25) is 0 Å². The van der Waals surface area contributed by atoms with Crippen LogP contribution in [0.1, 0.15) is 20.8 Å². The molecule has 0 saturated carbocycles. The van der Waals surface area contributed by atoms with E-state index < -0.39 is 0 Å². The van der Waals surface area contributed by atoms with E-state index in [1.54, 1.807) is 12.3 Å². The van der Waals surface area contributed by atoms with Gasteiger partial charge in [0.05, 0.1) is 12.0 Å². The van der Waals surface area contributed by atoms with Crippen LogP contribution in [0.25, 0.3) is 11.3 Å². The predicted octanol–water partition coefficient (Wildman–Crippen LogP) is 5.52. The maximum atomic E-state index is 12.3. The summed E-state index contributed by atoms with van der Waals surface area (Å²) in [6.45, 7) is 10.3. The first-order valence-corrected chi connectivity index (χ1v) is 9.09. The van der Waals surface area contributed by atoms with Gasteiger partial charge in [-0.2, -0.15) is 0 Å². The number of hydrogen-bond donors (Lipinski definition) is 2. The van der Waals surface area contributed by atoms with Gasteiger partial charge in [0.15, 0.2) is 0 Å². The van der Waals surface area contributed by atoms with Crippen LogP contribution in [-0.2, 0) is 0 Å². The highest BCUT2D eigenvalue weighted by Crippen LogP contribution is 2.19. The first-order valence-electron chi connectivity index (χ1n) is 9.09. The average molecular weight is 379 g/mol. The fraction of sp³-hybridized carbons (Fsp3) is 0.227. The van der Waals surface area contributed by atoms with Gasteiger partial charge in [-0.3, -0.25) is 0 Å². The summed E-state index contributed by atoms with van der Waals surface area (Å²) in [4.78, 5) is 4.34. The van der Waals surface area contributed by atoms with Crippen molar-refractivity contribution in [3.8, 4) is 11.3 Å². The van der Waals surface area contributed by atoms with Crippen molar-refractivity contribution in [3.63, 3.8) is 0 Å². The number of aromatic nitrogens is 3. The summed E-state index contributed by atoms with van der Waals surface area (Å²) in [5, 5.41) is 14.8. The lowest BCUT2D eigenvalue weighted by molar-refractivity contribution is 0.717. The second-order valence-electron chi connectivity index (χ2n) is 6.41. The van der Waals surface area contributed by atoms with Crippen LogP contribution in [0.15, 0.2) is 78.9 Å². The van der Waals surface area contributed by atoms with Crippen LogP contribution in [0.3, 0.4) is 0 Å². The van der Waals surface area contributed by atoms with Gasteiger partial charge >= 0.3 is 0 Å². The molecule has 28 heavy (non-hydrogen) atoms. The number of rotatable bonds is 9. The highest BCUT2D eigenvalue weighted by molar-refractivity contribution is 5.60. The Morgan fingerprint density at radius 1 is 1.21 bits per heavy atom. The molecule has 0 aliphatic carbocycles. The van der Waals surface area contributed by atoms with Crippen LogP contribution in [-0.4, -0.2) is 21.7 Å². The summed E-state index contributed by atoms with van der Waals surface area (Å²) >= 11 is 0. The molecule has 0 aromatic carbocycles. The van der Waals surface area contributed by atoms with Crippen LogP contribution >= 0.6 is 0 Å². The third-order valence-corrected chi connectivity index (χ3v) is 3.94. The second-order valence-corrected chi connectivity index (χ2v) is 6.41. The Morgan fingerprint density at radius 3 is 2.57 bits per heavy atom. The van der Waals surface area contributed by atoms with Crippen molar-refractivity contribution in [3.05, 3.63) is 78.9 Å². The molecular formula is C22H26FN5. The molecule has 5 nitrogen and oxygen atoms in total. The molecule has 0 spiro atoms. The molecular weight excluding hydrogens is 353 g/mol. The zero-order valence-corrected chi connectivity index (χ0v) is 16.5. The van der Waals surface area contributed by atoms with Crippen molar-refractivity contribution in [2.45, 2.75) is 20.8 Å². The SMILES string of the molecule is C=C(C)Nc1ccc(-c2ccc(NCC(C)C(/C=C\C)=C/C=C/F)nn2)cn1. The molecule has 2 aromatic heterocycles. The Morgan fingerprint density at radius 2 is 2.00 bits per heavy atom. The third-order valence-electron chi connectivity index (χ3n) is 3.94. The summed E-state index contributed by atoms with van der Waals surface area (Å²) in [6, 6.07) is 7.59. The van der Waals surface area contributed by atoms with E-state index in [0.717, 1.165) is 28.3 Å². The maximum Gasteiger partial charge on any atom is 0.148 e. The van der Waals surface area contributed by atoms with Gasteiger partial charge in [-0.05, 0) is 55.7 Å². The molecule has 0 saturated heterocycles. The monoisotopic (exact) mass is 379 g/mol. The Balaban J connectivity index is 1.99. The molecule has 0 radical (unpaired) electrons. The van der Waals surface area contributed by atoms with Crippen LogP contribution in [0, 0.1) is 5.92 Å². The van der Waals surface area contributed by atoms with Gasteiger partial charge < -0.3 is 10.6 Å². The highest BCUT2D eigenvalue weighted by atomic mass is 19.1. The standard InChI is InChI=1S/C22H26FN5/c1-5-7-18(8-6-13-23)17(4)14-24-22-12-10-20(27-28-22)19-9-11-21(25-15-19)26-16(2)3/h5-13,15,17H,2,14H2,1,3-4H3,(H,24,28)(H,25,26)/b7-5-,13-6+,18-8+. The number of anilines is 2. The molecule has 0 amide bonds. The van der Waals surface area contributed by atoms with E-state index in [4.69, 9.17) is 0 Å².